The first-order valence-electron chi connectivity index (χ1n) is 9.99. The number of hydrogen-bond donors (Lipinski definition) is 2. The molecule has 1 saturated heterocycles. The molecule has 1 aliphatic heterocycles. The molecule has 0 bridgehead atoms. The van der Waals surface area contributed by atoms with Gasteiger partial charge in [-0.05, 0) is 43.3 Å². The average Bonchev–Trinajstić information content (AvgIpc) is 3.30. The van der Waals surface area contributed by atoms with Gasteiger partial charge in [0.15, 0.2) is 0 Å². The number of likely N-dealkylation sites (N-methyl/N-ethyl adjacent to an activating group) is 1. The van der Waals surface area contributed by atoms with Gasteiger partial charge in [0.2, 0.25) is 0 Å². The Balaban J connectivity index is 0.00000204. The molecule has 4 rings (SSSR count). The van der Waals surface area contributed by atoms with Gasteiger partial charge in [-0.1, -0.05) is 6.07 Å². The fourth-order valence-corrected chi connectivity index (χ4v) is 3.84. The maximum absolute atomic E-state index is 15.2. The molecule has 1 atom stereocenters. The molecule has 0 spiro atoms. The van der Waals surface area contributed by atoms with Crippen LogP contribution in [0, 0.1) is 23.3 Å². The second-order valence-electron chi connectivity index (χ2n) is 7.49. The summed E-state index contributed by atoms with van der Waals surface area (Å²) in [4.78, 5) is 18.9. The molecule has 2 heterocycles. The van der Waals surface area contributed by atoms with E-state index in [1.807, 2.05) is 11.9 Å². The molecule has 2 aromatic carbocycles. The third-order valence-electron chi connectivity index (χ3n) is 5.56. The van der Waals surface area contributed by atoms with Gasteiger partial charge in [-0.25, -0.2) is 17.6 Å². The molecule has 0 saturated carbocycles. The Morgan fingerprint density at radius 2 is 1.71 bits per heavy atom. The molecular formula is C23H22Cl2F4N4O. The van der Waals surface area contributed by atoms with Crippen molar-refractivity contribution in [2.75, 3.05) is 30.4 Å². The predicted molar refractivity (Wildman–Crippen MR) is 128 cm³/mol. The summed E-state index contributed by atoms with van der Waals surface area (Å²) in [7, 11) is 1.88. The number of nitrogens with zero attached hydrogens (tertiary/aromatic N) is 2. The van der Waals surface area contributed by atoms with Crippen molar-refractivity contribution in [1.29, 1.82) is 0 Å². The largest absolute Gasteiger partial charge is 0.369 e. The molecule has 1 fully saturated rings. The lowest BCUT2D eigenvalue weighted by atomic mass is 9.99. The van der Waals surface area contributed by atoms with E-state index in [1.165, 1.54) is 6.20 Å². The highest BCUT2D eigenvalue weighted by atomic mass is 35.5. The highest BCUT2D eigenvalue weighted by Gasteiger charge is 2.26. The molecule has 2 N–H and O–H groups in total. The summed E-state index contributed by atoms with van der Waals surface area (Å²) in [5, 5.41) is 5.85. The second-order valence-corrected chi connectivity index (χ2v) is 7.49. The fourth-order valence-electron chi connectivity index (χ4n) is 3.84. The number of anilines is 2. The molecule has 0 unspecified atom stereocenters. The lowest BCUT2D eigenvalue weighted by Gasteiger charge is -2.28. The van der Waals surface area contributed by atoms with E-state index in [2.05, 4.69) is 15.6 Å². The summed E-state index contributed by atoms with van der Waals surface area (Å²) >= 11 is 0. The van der Waals surface area contributed by atoms with E-state index >= 15 is 4.39 Å². The number of carbonyl (C=O) groups excluding carboxylic acids is 1. The van der Waals surface area contributed by atoms with Crippen molar-refractivity contribution in [3.63, 3.8) is 0 Å². The monoisotopic (exact) mass is 516 g/mol. The summed E-state index contributed by atoms with van der Waals surface area (Å²) in [6.07, 6.45) is 3.91. The van der Waals surface area contributed by atoms with Gasteiger partial charge in [0, 0.05) is 25.8 Å². The first kappa shape index (κ1) is 27.4. The number of pyridine rings is 1. The van der Waals surface area contributed by atoms with Crippen LogP contribution in [-0.2, 0) is 0 Å². The van der Waals surface area contributed by atoms with Crippen molar-refractivity contribution in [2.45, 2.75) is 12.5 Å². The van der Waals surface area contributed by atoms with Gasteiger partial charge in [-0.15, -0.1) is 24.8 Å². The third-order valence-corrected chi connectivity index (χ3v) is 5.56. The summed E-state index contributed by atoms with van der Waals surface area (Å²) in [6, 6.07) is 6.52. The summed E-state index contributed by atoms with van der Waals surface area (Å²) < 4.78 is 57.9. The number of rotatable bonds is 5. The molecule has 34 heavy (non-hydrogen) atoms. The van der Waals surface area contributed by atoms with E-state index in [0.717, 1.165) is 49.8 Å². The van der Waals surface area contributed by atoms with E-state index < -0.39 is 45.9 Å². The Kier molecular flexibility index (Phi) is 9.26. The van der Waals surface area contributed by atoms with E-state index in [-0.39, 0.29) is 30.9 Å². The minimum Gasteiger partial charge on any atom is -0.369 e. The van der Waals surface area contributed by atoms with Crippen molar-refractivity contribution in [3.8, 4) is 11.1 Å². The van der Waals surface area contributed by atoms with Crippen molar-refractivity contribution in [2.24, 2.45) is 0 Å². The zero-order valence-electron chi connectivity index (χ0n) is 17.9. The molecule has 1 aromatic heterocycles. The summed E-state index contributed by atoms with van der Waals surface area (Å²) in [5.41, 5.74) is -1.36. The van der Waals surface area contributed by atoms with Crippen molar-refractivity contribution >= 4 is 42.1 Å². The van der Waals surface area contributed by atoms with E-state index in [1.54, 1.807) is 12.3 Å². The molecule has 11 heteroatoms. The number of carbonyl (C=O) groups is 1. The molecule has 3 aromatic rings. The summed E-state index contributed by atoms with van der Waals surface area (Å²) in [6.45, 7) is 1.65. The molecular weight excluding hydrogens is 495 g/mol. The SMILES string of the molecule is CN(c1ccncc1NC(=O)c1ccc(F)c(-c2c(F)cccc2F)c1F)[C@H]1CCNC1.Cl.Cl. The van der Waals surface area contributed by atoms with Gasteiger partial charge < -0.3 is 15.5 Å². The van der Waals surface area contributed by atoms with Crippen LogP contribution in [0.3, 0.4) is 0 Å². The van der Waals surface area contributed by atoms with Crippen molar-refractivity contribution in [1.82, 2.24) is 10.3 Å². The van der Waals surface area contributed by atoms with Gasteiger partial charge in [0.05, 0.1) is 34.3 Å². The minimum atomic E-state index is -1.36. The number of halogens is 6. The average molecular weight is 517 g/mol. The molecule has 1 aliphatic rings. The lowest BCUT2D eigenvalue weighted by molar-refractivity contribution is 0.102. The maximum atomic E-state index is 15.2. The van der Waals surface area contributed by atoms with E-state index in [4.69, 9.17) is 0 Å². The van der Waals surface area contributed by atoms with Gasteiger partial charge in [0.1, 0.15) is 23.3 Å². The number of benzene rings is 2. The van der Waals surface area contributed by atoms with Crippen LogP contribution >= 0.6 is 24.8 Å². The van der Waals surface area contributed by atoms with Crippen molar-refractivity contribution in [3.05, 3.63) is 77.6 Å². The Morgan fingerprint density at radius 3 is 2.35 bits per heavy atom. The molecule has 5 nitrogen and oxygen atoms in total. The first-order chi connectivity index (χ1) is 15.4. The summed E-state index contributed by atoms with van der Waals surface area (Å²) in [5.74, 6) is -5.71. The Morgan fingerprint density at radius 1 is 1.03 bits per heavy atom. The zero-order valence-corrected chi connectivity index (χ0v) is 19.6. The predicted octanol–water partition coefficient (Wildman–Crippen LogP) is 5.20. The lowest BCUT2D eigenvalue weighted by Crippen LogP contribution is -2.34. The Bertz CT molecular complexity index is 1160. The second kappa shape index (κ2) is 11.5. The normalized spacial score (nSPS) is 14.7. The standard InChI is InChI=1S/C23H20F4N4O.2ClH/c1-31(13-7-9-28-11-13)19-8-10-29-12-18(19)30-23(32)14-5-6-17(26)21(22(14)27)20-15(24)3-2-4-16(20)25;;/h2-6,8,10,12-13,28H,7,9,11H2,1H3,(H,30,32);2*1H/t13-;;/m0../s1. The minimum absolute atomic E-state index is 0. The van der Waals surface area contributed by atoms with Crippen LogP contribution in [0.25, 0.3) is 11.1 Å². The van der Waals surface area contributed by atoms with Crippen LogP contribution in [0.4, 0.5) is 28.9 Å². The number of amides is 1. The van der Waals surface area contributed by atoms with Gasteiger partial charge in [-0.3, -0.25) is 9.78 Å². The number of aromatic nitrogens is 1. The van der Waals surface area contributed by atoms with Gasteiger partial charge in [-0.2, -0.15) is 0 Å². The van der Waals surface area contributed by atoms with Crippen LogP contribution in [0.1, 0.15) is 16.8 Å². The Hall–Kier alpha value is -2.88. The maximum Gasteiger partial charge on any atom is 0.258 e. The van der Waals surface area contributed by atoms with Gasteiger partial charge in [0.25, 0.3) is 5.91 Å². The fraction of sp³-hybridized carbons (Fsp3) is 0.217. The van der Waals surface area contributed by atoms with Gasteiger partial charge >= 0.3 is 0 Å². The van der Waals surface area contributed by atoms with Crippen LogP contribution in [0.2, 0.25) is 0 Å². The van der Waals surface area contributed by atoms with Crippen LogP contribution in [0.5, 0.6) is 0 Å². The Labute approximate surface area is 206 Å². The van der Waals surface area contributed by atoms with Crippen LogP contribution in [-0.4, -0.2) is 37.1 Å². The van der Waals surface area contributed by atoms with E-state index in [0.29, 0.717) is 11.4 Å². The zero-order chi connectivity index (χ0) is 22.8. The molecule has 182 valence electrons. The highest BCUT2D eigenvalue weighted by molar-refractivity contribution is 6.06. The highest BCUT2D eigenvalue weighted by Crippen LogP contribution is 2.33. The number of nitrogens with one attached hydrogen (secondary N) is 2. The molecule has 0 radical (unpaired) electrons. The molecule has 1 amide bonds. The van der Waals surface area contributed by atoms with Crippen molar-refractivity contribution < 1.29 is 22.4 Å². The third kappa shape index (κ3) is 5.27. The molecule has 0 aliphatic carbocycles. The first-order valence-corrected chi connectivity index (χ1v) is 9.99. The van der Waals surface area contributed by atoms with Crippen LogP contribution in [0.15, 0.2) is 48.8 Å². The quantitative estimate of drug-likeness (QED) is 0.457. The van der Waals surface area contributed by atoms with E-state index in [9.17, 15) is 18.0 Å². The van der Waals surface area contributed by atoms with Crippen LogP contribution < -0.4 is 15.5 Å². The number of hydrogen-bond acceptors (Lipinski definition) is 4. The smallest absolute Gasteiger partial charge is 0.258 e. The topological polar surface area (TPSA) is 57.3 Å².